The predicted octanol–water partition coefficient (Wildman–Crippen LogP) is 6.02. The highest BCUT2D eigenvalue weighted by Crippen LogP contribution is 2.47. The molecule has 4 aromatic rings. The third-order valence-electron chi connectivity index (χ3n) is 7.09. The molecule has 7 rings (SSSR count). The van der Waals surface area contributed by atoms with Gasteiger partial charge < -0.3 is 14.2 Å². The molecule has 0 aromatic heterocycles. The van der Waals surface area contributed by atoms with Crippen LogP contribution in [0.25, 0.3) is 33.4 Å². The second-order valence-electron chi connectivity index (χ2n) is 9.45. The first-order chi connectivity index (χ1) is 19.4. The van der Waals surface area contributed by atoms with Gasteiger partial charge in [-0.1, -0.05) is 91.0 Å². The van der Waals surface area contributed by atoms with Crippen LogP contribution in [-0.4, -0.2) is 57.1 Å². The van der Waals surface area contributed by atoms with Gasteiger partial charge in [0.15, 0.2) is 0 Å². The second-order valence-corrected chi connectivity index (χ2v) is 9.45. The van der Waals surface area contributed by atoms with Crippen molar-refractivity contribution in [2.45, 2.75) is 0 Å². The molecule has 192 valence electrons. The van der Waals surface area contributed by atoms with Crippen molar-refractivity contribution in [1.82, 2.24) is 0 Å². The smallest absolute Gasteiger partial charge is 0.217 e. The van der Waals surface area contributed by atoms with Gasteiger partial charge in [-0.25, -0.2) is 15.0 Å². The van der Waals surface area contributed by atoms with Crippen LogP contribution in [0.1, 0.15) is 16.7 Å². The highest BCUT2D eigenvalue weighted by Gasteiger charge is 2.36. The lowest BCUT2D eigenvalue weighted by Crippen LogP contribution is -2.19. The second kappa shape index (κ2) is 10.2. The number of benzene rings is 4. The molecule has 0 saturated carbocycles. The maximum absolute atomic E-state index is 6.23. The SMILES string of the molecule is c1ccc(-c2c(C3=NCCO3)c(-c3ccccc3)c(C3=NCCO3)c(-c3ccccc3)c2C2=NCCO2)cc1. The first kappa shape index (κ1) is 23.4. The maximum Gasteiger partial charge on any atom is 0.217 e. The largest absolute Gasteiger partial charge is 0.475 e. The van der Waals surface area contributed by atoms with Gasteiger partial charge in [-0.2, -0.15) is 0 Å². The first-order valence-electron chi connectivity index (χ1n) is 13.3. The number of nitrogens with zero attached hydrogens (tertiary/aromatic N) is 3. The summed E-state index contributed by atoms with van der Waals surface area (Å²) in [5, 5.41) is 0. The third-order valence-corrected chi connectivity index (χ3v) is 7.09. The van der Waals surface area contributed by atoms with Crippen molar-refractivity contribution in [1.29, 1.82) is 0 Å². The lowest BCUT2D eigenvalue weighted by atomic mass is 9.78. The van der Waals surface area contributed by atoms with Crippen LogP contribution < -0.4 is 0 Å². The lowest BCUT2D eigenvalue weighted by molar-refractivity contribution is 0.346. The van der Waals surface area contributed by atoms with Gasteiger partial charge in [0, 0.05) is 16.7 Å². The fourth-order valence-corrected chi connectivity index (χ4v) is 5.53. The van der Waals surface area contributed by atoms with E-state index in [0.717, 1.165) is 50.1 Å². The summed E-state index contributed by atoms with van der Waals surface area (Å²) in [4.78, 5) is 14.5. The fourth-order valence-electron chi connectivity index (χ4n) is 5.53. The zero-order valence-corrected chi connectivity index (χ0v) is 21.5. The Hall–Kier alpha value is -4.71. The van der Waals surface area contributed by atoms with Crippen LogP contribution in [0.4, 0.5) is 0 Å². The van der Waals surface area contributed by atoms with Crippen LogP contribution in [0.5, 0.6) is 0 Å². The maximum atomic E-state index is 6.23. The van der Waals surface area contributed by atoms with Gasteiger partial charge in [0.2, 0.25) is 17.7 Å². The molecule has 6 nitrogen and oxygen atoms in total. The minimum atomic E-state index is 0.539. The molecule has 0 fully saturated rings. The van der Waals surface area contributed by atoms with E-state index in [9.17, 15) is 0 Å². The summed E-state index contributed by atoms with van der Waals surface area (Å²) in [5.41, 5.74) is 8.78. The molecule has 39 heavy (non-hydrogen) atoms. The minimum Gasteiger partial charge on any atom is -0.475 e. The number of aliphatic imine (C=N–C) groups is 3. The van der Waals surface area contributed by atoms with E-state index in [0.29, 0.717) is 57.1 Å². The van der Waals surface area contributed by atoms with E-state index in [-0.39, 0.29) is 0 Å². The molecular formula is C33H27N3O3. The van der Waals surface area contributed by atoms with Crippen LogP contribution in [0, 0.1) is 0 Å². The van der Waals surface area contributed by atoms with E-state index in [2.05, 4.69) is 72.8 Å². The van der Waals surface area contributed by atoms with Crippen molar-refractivity contribution < 1.29 is 14.2 Å². The zero-order chi connectivity index (χ0) is 26.0. The summed E-state index contributed by atoms with van der Waals surface area (Å²) in [6, 6.07) is 31.2. The van der Waals surface area contributed by atoms with Crippen LogP contribution in [0.15, 0.2) is 106 Å². The Bertz CT molecular complexity index is 1400. The van der Waals surface area contributed by atoms with E-state index >= 15 is 0 Å². The quantitative estimate of drug-likeness (QED) is 0.317. The molecule has 3 aliphatic rings. The molecule has 3 heterocycles. The van der Waals surface area contributed by atoms with Crippen molar-refractivity contribution in [3.05, 3.63) is 108 Å². The summed E-state index contributed by atoms with van der Waals surface area (Å²) in [6.07, 6.45) is 0. The van der Waals surface area contributed by atoms with E-state index in [1.807, 2.05) is 18.2 Å². The van der Waals surface area contributed by atoms with E-state index in [4.69, 9.17) is 29.2 Å². The van der Waals surface area contributed by atoms with Crippen molar-refractivity contribution in [3.8, 4) is 33.4 Å². The van der Waals surface area contributed by atoms with Crippen LogP contribution >= 0.6 is 0 Å². The average Bonchev–Trinajstić information content (AvgIpc) is 3.82. The van der Waals surface area contributed by atoms with Gasteiger partial charge in [0.1, 0.15) is 19.8 Å². The average molecular weight is 514 g/mol. The number of rotatable bonds is 6. The summed E-state index contributed by atoms with van der Waals surface area (Å²) < 4.78 is 18.7. The number of hydrogen-bond donors (Lipinski definition) is 0. The van der Waals surface area contributed by atoms with Gasteiger partial charge in [-0.15, -0.1) is 0 Å². The van der Waals surface area contributed by atoms with Crippen molar-refractivity contribution >= 4 is 17.7 Å². The first-order valence-corrected chi connectivity index (χ1v) is 13.3. The summed E-state index contributed by atoms with van der Waals surface area (Å²) in [5.74, 6) is 1.85. The van der Waals surface area contributed by atoms with E-state index in [1.54, 1.807) is 0 Å². The number of hydrogen-bond acceptors (Lipinski definition) is 6. The van der Waals surface area contributed by atoms with Crippen LogP contribution in [-0.2, 0) is 14.2 Å². The molecule has 0 saturated heterocycles. The molecule has 0 radical (unpaired) electrons. The molecule has 6 heteroatoms. The van der Waals surface area contributed by atoms with E-state index < -0.39 is 0 Å². The van der Waals surface area contributed by atoms with Crippen molar-refractivity contribution in [2.24, 2.45) is 15.0 Å². The minimum absolute atomic E-state index is 0.539. The van der Waals surface area contributed by atoms with Crippen LogP contribution in [0.3, 0.4) is 0 Å². The molecule has 0 amide bonds. The summed E-state index contributed by atoms with van der Waals surface area (Å²) in [6.45, 7) is 3.45. The Balaban J connectivity index is 1.74. The molecule has 0 unspecified atom stereocenters. The van der Waals surface area contributed by atoms with Gasteiger partial charge in [-0.3, -0.25) is 0 Å². The molecule has 4 aromatic carbocycles. The Morgan fingerprint density at radius 1 is 0.359 bits per heavy atom. The van der Waals surface area contributed by atoms with Gasteiger partial charge in [-0.05, 0) is 16.7 Å². The van der Waals surface area contributed by atoms with E-state index in [1.165, 1.54) is 0 Å². The third kappa shape index (κ3) is 4.18. The summed E-state index contributed by atoms with van der Waals surface area (Å²) >= 11 is 0. The Labute approximate surface area is 227 Å². The molecule has 0 spiro atoms. The molecule has 3 aliphatic heterocycles. The number of ether oxygens (including phenoxy) is 3. The fraction of sp³-hybridized carbons (Fsp3) is 0.182. The lowest BCUT2D eigenvalue weighted by Gasteiger charge is -2.26. The standard InChI is InChI=1S/C33H27N3O3/c1-4-10-22(11-5-1)25-28(31-34-16-19-37-31)26(23-12-6-2-7-13-23)30(33-36-18-21-39-33)27(24-14-8-3-9-15-24)29(25)32-35-17-20-38-32/h1-15H,16-21H2. The predicted molar refractivity (Wildman–Crippen MR) is 155 cm³/mol. The van der Waals surface area contributed by atoms with Crippen LogP contribution in [0.2, 0.25) is 0 Å². The molecule has 0 bridgehead atoms. The molecule has 0 N–H and O–H groups in total. The van der Waals surface area contributed by atoms with Crippen molar-refractivity contribution in [3.63, 3.8) is 0 Å². The summed E-state index contributed by atoms with van der Waals surface area (Å²) in [7, 11) is 0. The molecular weight excluding hydrogens is 486 g/mol. The van der Waals surface area contributed by atoms with Crippen molar-refractivity contribution in [2.75, 3.05) is 39.5 Å². The molecule has 0 atom stereocenters. The topological polar surface area (TPSA) is 64.8 Å². The van der Waals surface area contributed by atoms with Gasteiger partial charge in [0.05, 0.1) is 36.3 Å². The highest BCUT2D eigenvalue weighted by atomic mass is 16.5. The molecule has 0 aliphatic carbocycles. The van der Waals surface area contributed by atoms with Gasteiger partial charge in [0.25, 0.3) is 0 Å². The normalized spacial score (nSPS) is 16.2. The Kier molecular flexibility index (Phi) is 6.13. The highest BCUT2D eigenvalue weighted by molar-refractivity contribution is 6.23. The zero-order valence-electron chi connectivity index (χ0n) is 21.5. The Morgan fingerprint density at radius 2 is 0.641 bits per heavy atom. The monoisotopic (exact) mass is 513 g/mol. The Morgan fingerprint density at radius 3 is 0.872 bits per heavy atom. The van der Waals surface area contributed by atoms with Gasteiger partial charge >= 0.3 is 0 Å².